The van der Waals surface area contributed by atoms with Gasteiger partial charge in [0.1, 0.15) is 0 Å². The lowest BCUT2D eigenvalue weighted by molar-refractivity contribution is -0.137. The van der Waals surface area contributed by atoms with Gasteiger partial charge in [0.25, 0.3) is 0 Å². The summed E-state index contributed by atoms with van der Waals surface area (Å²) < 4.78 is 8.80. The van der Waals surface area contributed by atoms with Gasteiger partial charge in [-0.3, -0.25) is 0 Å². The molecular weight excluding hydrogens is 156 g/mol. The fourth-order valence-corrected chi connectivity index (χ4v) is 0.269. The predicted molar refractivity (Wildman–Crippen MR) is 48.3 cm³/mol. The number of hydrogen-bond acceptors (Lipinski definition) is 3. The van der Waals surface area contributed by atoms with Crippen molar-refractivity contribution in [2.75, 3.05) is 6.61 Å². The van der Waals surface area contributed by atoms with Gasteiger partial charge in [-0.25, -0.2) is 4.79 Å². The van der Waals surface area contributed by atoms with E-state index in [4.69, 9.17) is 0 Å². The van der Waals surface area contributed by atoms with Gasteiger partial charge < -0.3 is 9.47 Å². The standard InChI is InChI=1S/C5H8O2.C4H6O/c1-3-5(6)7-4-2;1-3-5-4-2/h3H,1,4H2,2H3;3-4H,1-2H2. The molecule has 0 aliphatic heterocycles. The Labute approximate surface area is 73.0 Å². The molecule has 0 saturated heterocycles. The first kappa shape index (κ1) is 13.1. The van der Waals surface area contributed by atoms with Crippen LogP contribution in [0.15, 0.2) is 38.3 Å². The van der Waals surface area contributed by atoms with Crippen LogP contribution in [0.2, 0.25) is 0 Å². The molecule has 12 heavy (non-hydrogen) atoms. The number of carbonyl (C=O) groups excluding carboxylic acids is 1. The van der Waals surface area contributed by atoms with Crippen molar-refractivity contribution in [2.24, 2.45) is 0 Å². The van der Waals surface area contributed by atoms with Crippen LogP contribution in [0.25, 0.3) is 0 Å². The van der Waals surface area contributed by atoms with Crippen molar-refractivity contribution in [3.05, 3.63) is 38.3 Å². The van der Waals surface area contributed by atoms with E-state index in [0.29, 0.717) is 6.61 Å². The van der Waals surface area contributed by atoms with E-state index in [1.54, 1.807) is 6.92 Å². The van der Waals surface area contributed by atoms with Gasteiger partial charge in [0, 0.05) is 6.08 Å². The molecule has 0 atom stereocenters. The van der Waals surface area contributed by atoms with Gasteiger partial charge in [-0.2, -0.15) is 0 Å². The highest BCUT2D eigenvalue weighted by Gasteiger charge is 1.86. The van der Waals surface area contributed by atoms with Crippen molar-refractivity contribution in [1.29, 1.82) is 0 Å². The van der Waals surface area contributed by atoms with Crippen molar-refractivity contribution < 1.29 is 14.3 Å². The van der Waals surface area contributed by atoms with Gasteiger partial charge in [0.2, 0.25) is 0 Å². The van der Waals surface area contributed by atoms with Gasteiger partial charge in [-0.05, 0) is 6.92 Å². The van der Waals surface area contributed by atoms with Crippen LogP contribution in [0.3, 0.4) is 0 Å². The van der Waals surface area contributed by atoms with E-state index in [1.807, 2.05) is 0 Å². The summed E-state index contributed by atoms with van der Waals surface area (Å²) in [4.78, 5) is 10.1. The maximum Gasteiger partial charge on any atom is 0.330 e. The van der Waals surface area contributed by atoms with Gasteiger partial charge in [0.05, 0.1) is 19.1 Å². The average Bonchev–Trinajstić information content (AvgIpc) is 2.07. The molecule has 0 aromatic heterocycles. The molecule has 68 valence electrons. The second-order valence-corrected chi connectivity index (χ2v) is 1.43. The van der Waals surface area contributed by atoms with Crippen molar-refractivity contribution in [1.82, 2.24) is 0 Å². The predicted octanol–water partition coefficient (Wildman–Crippen LogP) is 2.03. The molecule has 0 aliphatic carbocycles. The summed E-state index contributed by atoms with van der Waals surface area (Å²) in [5.41, 5.74) is 0. The molecule has 0 N–H and O–H groups in total. The van der Waals surface area contributed by atoms with Crippen LogP contribution in [-0.2, 0) is 14.3 Å². The van der Waals surface area contributed by atoms with Crippen LogP contribution < -0.4 is 0 Å². The van der Waals surface area contributed by atoms with E-state index < -0.39 is 0 Å². The van der Waals surface area contributed by atoms with E-state index in [-0.39, 0.29) is 5.97 Å². The van der Waals surface area contributed by atoms with E-state index in [1.165, 1.54) is 12.5 Å². The zero-order valence-corrected chi connectivity index (χ0v) is 7.29. The zero-order valence-electron chi connectivity index (χ0n) is 7.29. The molecular formula is C9H14O3. The third-order valence-electron chi connectivity index (χ3n) is 0.646. The highest BCUT2D eigenvalue weighted by molar-refractivity contribution is 5.81. The fraction of sp³-hybridized carbons (Fsp3) is 0.222. The maximum absolute atomic E-state index is 10.1. The molecule has 0 heterocycles. The van der Waals surface area contributed by atoms with Crippen molar-refractivity contribution >= 4 is 5.97 Å². The second kappa shape index (κ2) is 12.2. The molecule has 0 amide bonds. The van der Waals surface area contributed by atoms with Gasteiger partial charge in [-0.1, -0.05) is 19.7 Å². The molecule has 0 radical (unpaired) electrons. The number of hydrogen-bond donors (Lipinski definition) is 0. The summed E-state index contributed by atoms with van der Waals surface area (Å²) in [6.07, 6.45) is 3.77. The van der Waals surface area contributed by atoms with Crippen LogP contribution in [0, 0.1) is 0 Å². The smallest absolute Gasteiger partial charge is 0.330 e. The highest BCUT2D eigenvalue weighted by atomic mass is 16.5. The summed E-state index contributed by atoms with van der Waals surface area (Å²) in [7, 11) is 0. The summed E-state index contributed by atoms with van der Waals surface area (Å²) in [6, 6.07) is 0. The van der Waals surface area contributed by atoms with Crippen LogP contribution in [0.5, 0.6) is 0 Å². The molecule has 0 aromatic carbocycles. The van der Waals surface area contributed by atoms with E-state index in [2.05, 4.69) is 29.2 Å². The highest BCUT2D eigenvalue weighted by Crippen LogP contribution is 1.74. The first-order valence-corrected chi connectivity index (χ1v) is 3.39. The Morgan fingerprint density at radius 3 is 1.92 bits per heavy atom. The molecule has 3 nitrogen and oxygen atoms in total. The van der Waals surface area contributed by atoms with Gasteiger partial charge in [0.15, 0.2) is 0 Å². The number of carbonyl (C=O) groups is 1. The van der Waals surface area contributed by atoms with Crippen LogP contribution in [-0.4, -0.2) is 12.6 Å². The summed E-state index contributed by atoms with van der Waals surface area (Å²) in [6.45, 7) is 11.9. The molecule has 0 spiro atoms. The SMILES string of the molecule is C=CC(=O)OCC.C=COC=C. The number of ether oxygens (including phenoxy) is 2. The third-order valence-corrected chi connectivity index (χ3v) is 0.646. The lowest BCUT2D eigenvalue weighted by atomic mass is 10.6. The molecule has 0 aliphatic rings. The topological polar surface area (TPSA) is 35.5 Å². The largest absolute Gasteiger partial charge is 0.474 e. The van der Waals surface area contributed by atoms with E-state index in [9.17, 15) is 4.79 Å². The average molecular weight is 170 g/mol. The Morgan fingerprint density at radius 1 is 1.33 bits per heavy atom. The van der Waals surface area contributed by atoms with Crippen LogP contribution in [0.1, 0.15) is 6.92 Å². The van der Waals surface area contributed by atoms with Gasteiger partial charge in [-0.15, -0.1) is 0 Å². The summed E-state index contributed by atoms with van der Waals surface area (Å²) >= 11 is 0. The Kier molecular flexibility index (Phi) is 13.3. The third kappa shape index (κ3) is 15.8. The minimum atomic E-state index is -0.359. The quantitative estimate of drug-likeness (QED) is 0.368. The number of rotatable bonds is 4. The Morgan fingerprint density at radius 2 is 1.83 bits per heavy atom. The first-order chi connectivity index (χ1) is 5.72. The molecule has 0 rings (SSSR count). The van der Waals surface area contributed by atoms with Gasteiger partial charge >= 0.3 is 5.97 Å². The minimum absolute atomic E-state index is 0.359. The van der Waals surface area contributed by atoms with E-state index in [0.717, 1.165) is 6.08 Å². The Hall–Kier alpha value is -1.51. The minimum Gasteiger partial charge on any atom is -0.474 e. The lowest BCUT2D eigenvalue weighted by Gasteiger charge is -1.90. The Balaban J connectivity index is 0. The maximum atomic E-state index is 10.1. The van der Waals surface area contributed by atoms with Crippen molar-refractivity contribution in [3.8, 4) is 0 Å². The molecule has 0 saturated carbocycles. The second-order valence-electron chi connectivity index (χ2n) is 1.43. The molecule has 0 aromatic rings. The Bertz CT molecular complexity index is 144. The van der Waals surface area contributed by atoms with Crippen molar-refractivity contribution in [3.63, 3.8) is 0 Å². The summed E-state index contributed by atoms with van der Waals surface area (Å²) in [5, 5.41) is 0. The molecule has 0 bridgehead atoms. The van der Waals surface area contributed by atoms with E-state index >= 15 is 0 Å². The normalized spacial score (nSPS) is 6.75. The zero-order chi connectivity index (χ0) is 9.82. The monoisotopic (exact) mass is 170 g/mol. The molecule has 0 unspecified atom stereocenters. The van der Waals surface area contributed by atoms with Crippen LogP contribution >= 0.6 is 0 Å². The number of esters is 1. The lowest BCUT2D eigenvalue weighted by Crippen LogP contribution is -1.97. The van der Waals surface area contributed by atoms with Crippen molar-refractivity contribution in [2.45, 2.75) is 6.92 Å². The fourth-order valence-electron chi connectivity index (χ4n) is 0.269. The molecule has 3 heteroatoms. The summed E-state index contributed by atoms with van der Waals surface area (Å²) in [5.74, 6) is -0.359. The molecule has 0 fully saturated rings. The first-order valence-electron chi connectivity index (χ1n) is 3.39. The van der Waals surface area contributed by atoms with Crippen LogP contribution in [0.4, 0.5) is 0 Å².